The molecule has 0 spiro atoms. The van der Waals surface area contributed by atoms with E-state index >= 15 is 0 Å². The van der Waals surface area contributed by atoms with Crippen molar-refractivity contribution >= 4 is 5.97 Å². The Hall–Kier alpha value is -0.570. The van der Waals surface area contributed by atoms with Crippen LogP contribution in [0.25, 0.3) is 0 Å². The molecule has 1 saturated heterocycles. The molecular formula is C14H25NO2. The van der Waals surface area contributed by atoms with E-state index < -0.39 is 5.97 Å². The number of carboxylic acids is 1. The fourth-order valence-electron chi connectivity index (χ4n) is 3.34. The van der Waals surface area contributed by atoms with Gasteiger partial charge in [0, 0.05) is 12.6 Å². The summed E-state index contributed by atoms with van der Waals surface area (Å²) in [5.41, 5.74) is 0. The molecule has 1 N–H and O–H groups in total. The van der Waals surface area contributed by atoms with Crippen LogP contribution in [0, 0.1) is 5.92 Å². The molecule has 1 aliphatic heterocycles. The van der Waals surface area contributed by atoms with Crippen molar-refractivity contribution < 1.29 is 9.90 Å². The Morgan fingerprint density at radius 3 is 2.24 bits per heavy atom. The van der Waals surface area contributed by atoms with E-state index in [9.17, 15) is 4.79 Å². The first-order valence-electron chi connectivity index (χ1n) is 7.24. The van der Waals surface area contributed by atoms with Gasteiger partial charge in [0.2, 0.25) is 0 Å². The highest BCUT2D eigenvalue weighted by Crippen LogP contribution is 2.26. The van der Waals surface area contributed by atoms with Crippen molar-refractivity contribution in [3.05, 3.63) is 0 Å². The van der Waals surface area contributed by atoms with Crippen LogP contribution < -0.4 is 0 Å². The first-order valence-corrected chi connectivity index (χ1v) is 7.24. The number of hydrogen-bond donors (Lipinski definition) is 1. The molecule has 0 bridgehead atoms. The molecule has 2 fully saturated rings. The van der Waals surface area contributed by atoms with Gasteiger partial charge in [-0.25, -0.2) is 0 Å². The number of carboxylic acid groups (broad SMARTS) is 1. The molecule has 1 heterocycles. The van der Waals surface area contributed by atoms with Gasteiger partial charge in [0.05, 0.1) is 5.92 Å². The summed E-state index contributed by atoms with van der Waals surface area (Å²) in [6, 6.07) is 0.664. The molecule has 0 aromatic rings. The molecule has 1 saturated carbocycles. The molecular weight excluding hydrogens is 214 g/mol. The molecule has 0 unspecified atom stereocenters. The molecule has 3 heteroatoms. The zero-order chi connectivity index (χ0) is 12.1. The van der Waals surface area contributed by atoms with E-state index in [1.807, 2.05) is 0 Å². The molecule has 98 valence electrons. The molecule has 2 aliphatic rings. The lowest BCUT2D eigenvalue weighted by atomic mass is 9.91. The van der Waals surface area contributed by atoms with Gasteiger partial charge in [0.15, 0.2) is 0 Å². The largest absolute Gasteiger partial charge is 0.481 e. The summed E-state index contributed by atoms with van der Waals surface area (Å²) in [4.78, 5) is 13.5. The third kappa shape index (κ3) is 3.70. The minimum absolute atomic E-state index is 0.116. The molecule has 0 radical (unpaired) electrons. The SMILES string of the molecule is O=C(O)[C@H]1CCCN(C2CCCCCCC2)C1. The quantitative estimate of drug-likeness (QED) is 0.805. The first-order chi connectivity index (χ1) is 8.27. The highest BCUT2D eigenvalue weighted by atomic mass is 16.4. The van der Waals surface area contributed by atoms with Crippen LogP contribution in [0.3, 0.4) is 0 Å². The van der Waals surface area contributed by atoms with Crippen LogP contribution in [0.4, 0.5) is 0 Å². The fourth-order valence-corrected chi connectivity index (χ4v) is 3.34. The van der Waals surface area contributed by atoms with Crippen LogP contribution >= 0.6 is 0 Å². The summed E-state index contributed by atoms with van der Waals surface area (Å²) in [6.07, 6.45) is 11.3. The van der Waals surface area contributed by atoms with Crippen molar-refractivity contribution in [3.8, 4) is 0 Å². The maximum absolute atomic E-state index is 11.1. The van der Waals surface area contributed by atoms with Gasteiger partial charge in [-0.2, -0.15) is 0 Å². The number of carbonyl (C=O) groups is 1. The smallest absolute Gasteiger partial charge is 0.307 e. The van der Waals surface area contributed by atoms with Gasteiger partial charge in [-0.1, -0.05) is 32.1 Å². The zero-order valence-electron chi connectivity index (χ0n) is 10.7. The molecule has 0 aromatic heterocycles. The number of piperidine rings is 1. The van der Waals surface area contributed by atoms with Gasteiger partial charge in [-0.3, -0.25) is 9.69 Å². The second-order valence-electron chi connectivity index (χ2n) is 5.67. The Morgan fingerprint density at radius 1 is 0.941 bits per heavy atom. The second-order valence-corrected chi connectivity index (χ2v) is 5.67. The van der Waals surface area contributed by atoms with E-state index in [4.69, 9.17) is 5.11 Å². The maximum Gasteiger partial charge on any atom is 0.307 e. The molecule has 3 nitrogen and oxygen atoms in total. The molecule has 0 aromatic carbocycles. The lowest BCUT2D eigenvalue weighted by Crippen LogP contribution is -2.44. The van der Waals surface area contributed by atoms with Crippen molar-refractivity contribution in [1.29, 1.82) is 0 Å². The third-order valence-corrected chi connectivity index (χ3v) is 4.39. The maximum atomic E-state index is 11.1. The van der Waals surface area contributed by atoms with Crippen molar-refractivity contribution in [3.63, 3.8) is 0 Å². The van der Waals surface area contributed by atoms with Crippen LogP contribution in [0.1, 0.15) is 57.8 Å². The van der Waals surface area contributed by atoms with Crippen LogP contribution in [-0.2, 0) is 4.79 Å². The summed E-state index contributed by atoms with van der Waals surface area (Å²) in [5.74, 6) is -0.713. The molecule has 1 aliphatic carbocycles. The minimum Gasteiger partial charge on any atom is -0.481 e. The zero-order valence-corrected chi connectivity index (χ0v) is 10.7. The van der Waals surface area contributed by atoms with Gasteiger partial charge < -0.3 is 5.11 Å². The highest BCUT2D eigenvalue weighted by Gasteiger charge is 2.29. The van der Waals surface area contributed by atoms with Crippen molar-refractivity contribution in [2.24, 2.45) is 5.92 Å². The van der Waals surface area contributed by atoms with Crippen LogP contribution in [0.5, 0.6) is 0 Å². The topological polar surface area (TPSA) is 40.5 Å². The van der Waals surface area contributed by atoms with Gasteiger partial charge in [-0.15, -0.1) is 0 Å². The van der Waals surface area contributed by atoms with E-state index in [1.165, 1.54) is 44.9 Å². The Kier molecular flexibility index (Phi) is 4.84. The Morgan fingerprint density at radius 2 is 1.59 bits per heavy atom. The van der Waals surface area contributed by atoms with Gasteiger partial charge in [0.1, 0.15) is 0 Å². The first kappa shape index (κ1) is 12.9. The normalized spacial score (nSPS) is 29.5. The van der Waals surface area contributed by atoms with E-state index in [0.29, 0.717) is 6.04 Å². The Labute approximate surface area is 104 Å². The average Bonchev–Trinajstić information content (AvgIpc) is 2.28. The van der Waals surface area contributed by atoms with Crippen LogP contribution in [0.2, 0.25) is 0 Å². The number of likely N-dealkylation sites (tertiary alicyclic amines) is 1. The molecule has 1 atom stereocenters. The number of aliphatic carboxylic acids is 1. The predicted molar refractivity (Wildman–Crippen MR) is 68.0 cm³/mol. The summed E-state index contributed by atoms with van der Waals surface area (Å²) < 4.78 is 0. The summed E-state index contributed by atoms with van der Waals surface area (Å²) in [6.45, 7) is 1.91. The number of nitrogens with zero attached hydrogens (tertiary/aromatic N) is 1. The van der Waals surface area contributed by atoms with E-state index in [-0.39, 0.29) is 5.92 Å². The fraction of sp³-hybridized carbons (Fsp3) is 0.929. The highest BCUT2D eigenvalue weighted by molar-refractivity contribution is 5.70. The average molecular weight is 239 g/mol. The second kappa shape index (κ2) is 6.39. The molecule has 2 rings (SSSR count). The van der Waals surface area contributed by atoms with Crippen LogP contribution in [0.15, 0.2) is 0 Å². The van der Waals surface area contributed by atoms with E-state index in [1.54, 1.807) is 0 Å². The van der Waals surface area contributed by atoms with Crippen molar-refractivity contribution in [2.75, 3.05) is 13.1 Å². The molecule has 17 heavy (non-hydrogen) atoms. The lowest BCUT2D eigenvalue weighted by Gasteiger charge is -2.38. The van der Waals surface area contributed by atoms with Crippen LogP contribution in [-0.4, -0.2) is 35.1 Å². The lowest BCUT2D eigenvalue weighted by molar-refractivity contribution is -0.144. The Balaban J connectivity index is 1.88. The molecule has 0 amide bonds. The van der Waals surface area contributed by atoms with Gasteiger partial charge in [-0.05, 0) is 32.2 Å². The third-order valence-electron chi connectivity index (χ3n) is 4.39. The van der Waals surface area contributed by atoms with Crippen molar-refractivity contribution in [2.45, 2.75) is 63.8 Å². The number of hydrogen-bond acceptors (Lipinski definition) is 2. The number of rotatable bonds is 2. The van der Waals surface area contributed by atoms with E-state index in [0.717, 1.165) is 25.9 Å². The predicted octanol–water partition coefficient (Wildman–Crippen LogP) is 2.90. The minimum atomic E-state index is -0.597. The van der Waals surface area contributed by atoms with Gasteiger partial charge >= 0.3 is 5.97 Å². The summed E-state index contributed by atoms with van der Waals surface area (Å²) in [7, 11) is 0. The monoisotopic (exact) mass is 239 g/mol. The van der Waals surface area contributed by atoms with Gasteiger partial charge in [0.25, 0.3) is 0 Å². The summed E-state index contributed by atoms with van der Waals surface area (Å²) in [5, 5.41) is 9.13. The standard InChI is InChI=1S/C14H25NO2/c16-14(17)12-7-6-10-15(11-12)13-8-4-2-1-3-5-9-13/h12-13H,1-11H2,(H,16,17)/t12-/m0/s1. The summed E-state index contributed by atoms with van der Waals surface area (Å²) >= 11 is 0. The Bertz CT molecular complexity index is 247. The van der Waals surface area contributed by atoms with Crippen molar-refractivity contribution in [1.82, 2.24) is 4.90 Å². The van der Waals surface area contributed by atoms with E-state index in [2.05, 4.69) is 4.90 Å².